The molecule has 0 saturated carbocycles. The summed E-state index contributed by atoms with van der Waals surface area (Å²) >= 11 is 1.47. The summed E-state index contributed by atoms with van der Waals surface area (Å²) in [5.41, 5.74) is 5.72. The van der Waals surface area contributed by atoms with Gasteiger partial charge in [0.2, 0.25) is 10.0 Å². The largest absolute Gasteiger partial charge is 0.398 e. The van der Waals surface area contributed by atoms with Crippen LogP contribution in [0.5, 0.6) is 0 Å². The Hall–Kier alpha value is -1.44. The quantitative estimate of drug-likeness (QED) is 0.863. The van der Waals surface area contributed by atoms with Crippen LogP contribution in [0, 0.1) is 5.82 Å². The van der Waals surface area contributed by atoms with Gasteiger partial charge in [0.1, 0.15) is 10.7 Å². The van der Waals surface area contributed by atoms with Crippen molar-refractivity contribution in [2.24, 2.45) is 0 Å². The van der Waals surface area contributed by atoms with Crippen molar-refractivity contribution in [3.63, 3.8) is 0 Å². The van der Waals surface area contributed by atoms with E-state index in [-0.39, 0.29) is 23.7 Å². The molecule has 1 heterocycles. The predicted molar refractivity (Wildman–Crippen MR) is 78.4 cm³/mol. The van der Waals surface area contributed by atoms with Crippen LogP contribution in [0.25, 0.3) is 0 Å². The van der Waals surface area contributed by atoms with E-state index in [0.717, 1.165) is 17.0 Å². The Morgan fingerprint density at radius 2 is 2.10 bits per heavy atom. The number of nitrogens with zero attached hydrogens (tertiary/aromatic N) is 1. The molecule has 20 heavy (non-hydrogen) atoms. The maximum atomic E-state index is 13.3. The summed E-state index contributed by atoms with van der Waals surface area (Å²) in [5, 5.41) is 1.88. The van der Waals surface area contributed by atoms with Gasteiger partial charge in [0.15, 0.2) is 0 Å². The average Bonchev–Trinajstić information content (AvgIpc) is 2.91. The molecular formula is C13H15FN2O2S2. The van der Waals surface area contributed by atoms with Crippen molar-refractivity contribution in [3.05, 3.63) is 46.4 Å². The molecule has 2 aromatic rings. The molecule has 0 aliphatic heterocycles. The van der Waals surface area contributed by atoms with Crippen molar-refractivity contribution in [3.8, 4) is 0 Å². The van der Waals surface area contributed by atoms with E-state index in [9.17, 15) is 12.8 Å². The number of anilines is 1. The summed E-state index contributed by atoms with van der Waals surface area (Å²) in [6.07, 6.45) is 0. The van der Waals surface area contributed by atoms with Crippen LogP contribution in [0.4, 0.5) is 10.1 Å². The van der Waals surface area contributed by atoms with Crippen molar-refractivity contribution in [2.75, 3.05) is 12.3 Å². The molecule has 108 valence electrons. The first-order valence-electron chi connectivity index (χ1n) is 6.02. The maximum Gasteiger partial charge on any atom is 0.245 e. The number of hydrogen-bond donors (Lipinski definition) is 1. The molecule has 1 aromatic carbocycles. The van der Waals surface area contributed by atoms with Crippen LogP contribution in [-0.2, 0) is 16.6 Å². The number of halogens is 1. The van der Waals surface area contributed by atoms with E-state index in [1.807, 2.05) is 17.5 Å². The molecule has 0 spiro atoms. The summed E-state index contributed by atoms with van der Waals surface area (Å²) in [6.45, 7) is 2.28. The maximum absolute atomic E-state index is 13.3. The minimum Gasteiger partial charge on any atom is -0.398 e. The van der Waals surface area contributed by atoms with Gasteiger partial charge < -0.3 is 5.73 Å². The Kier molecular flexibility index (Phi) is 4.42. The monoisotopic (exact) mass is 314 g/mol. The molecule has 0 amide bonds. The van der Waals surface area contributed by atoms with Gasteiger partial charge in [-0.1, -0.05) is 13.0 Å². The zero-order valence-electron chi connectivity index (χ0n) is 10.9. The average molecular weight is 314 g/mol. The zero-order valence-corrected chi connectivity index (χ0v) is 12.5. The molecule has 0 fully saturated rings. The van der Waals surface area contributed by atoms with E-state index in [4.69, 9.17) is 5.73 Å². The number of hydrogen-bond acceptors (Lipinski definition) is 4. The number of nitrogen functional groups attached to an aromatic ring is 1. The van der Waals surface area contributed by atoms with Crippen LogP contribution in [0.3, 0.4) is 0 Å². The molecule has 0 radical (unpaired) electrons. The van der Waals surface area contributed by atoms with E-state index in [1.165, 1.54) is 21.7 Å². The molecule has 0 aliphatic carbocycles. The molecule has 0 saturated heterocycles. The molecule has 0 bridgehead atoms. The fraction of sp³-hybridized carbons (Fsp3) is 0.231. The minimum atomic E-state index is -3.81. The normalized spacial score (nSPS) is 11.9. The van der Waals surface area contributed by atoms with Crippen molar-refractivity contribution in [2.45, 2.75) is 18.4 Å². The summed E-state index contributed by atoms with van der Waals surface area (Å²) < 4.78 is 39.7. The van der Waals surface area contributed by atoms with Gasteiger partial charge in [-0.2, -0.15) is 4.31 Å². The molecular weight excluding hydrogens is 299 g/mol. The highest BCUT2D eigenvalue weighted by atomic mass is 32.2. The summed E-state index contributed by atoms with van der Waals surface area (Å²) in [5.74, 6) is -0.620. The second-order valence-electron chi connectivity index (χ2n) is 4.19. The van der Waals surface area contributed by atoms with Crippen molar-refractivity contribution in [1.29, 1.82) is 0 Å². The highest BCUT2D eigenvalue weighted by molar-refractivity contribution is 7.89. The van der Waals surface area contributed by atoms with Crippen LogP contribution in [0.15, 0.2) is 40.6 Å². The second kappa shape index (κ2) is 5.90. The minimum absolute atomic E-state index is 0.0519. The standard InChI is InChI=1S/C13H15FN2O2S2/c1-2-16(9-11-4-3-7-19-11)20(17,18)13-8-10(14)5-6-12(13)15/h3-8H,2,9,15H2,1H3. The van der Waals surface area contributed by atoms with Gasteiger partial charge in [-0.25, -0.2) is 12.8 Å². The molecule has 0 unspecified atom stereocenters. The molecule has 7 heteroatoms. The van der Waals surface area contributed by atoms with Crippen LogP contribution in [0.2, 0.25) is 0 Å². The fourth-order valence-corrected chi connectivity index (χ4v) is 4.17. The van der Waals surface area contributed by atoms with Gasteiger partial charge in [0.05, 0.1) is 5.69 Å². The van der Waals surface area contributed by atoms with E-state index in [1.54, 1.807) is 6.92 Å². The first-order valence-corrected chi connectivity index (χ1v) is 8.34. The lowest BCUT2D eigenvalue weighted by Gasteiger charge is -2.20. The molecule has 2 rings (SSSR count). The van der Waals surface area contributed by atoms with E-state index in [0.29, 0.717) is 0 Å². The summed E-state index contributed by atoms with van der Waals surface area (Å²) in [6, 6.07) is 7.08. The van der Waals surface area contributed by atoms with Crippen LogP contribution in [-0.4, -0.2) is 19.3 Å². The van der Waals surface area contributed by atoms with E-state index >= 15 is 0 Å². The van der Waals surface area contributed by atoms with Crippen molar-refractivity contribution >= 4 is 27.0 Å². The van der Waals surface area contributed by atoms with Crippen LogP contribution < -0.4 is 5.73 Å². The Balaban J connectivity index is 2.38. The zero-order chi connectivity index (χ0) is 14.8. The predicted octanol–water partition coefficient (Wildman–Crippen LogP) is 2.68. The number of nitrogens with two attached hydrogens (primary N) is 1. The van der Waals surface area contributed by atoms with Gasteiger partial charge >= 0.3 is 0 Å². The number of thiophene rings is 1. The topological polar surface area (TPSA) is 63.4 Å². The molecule has 2 N–H and O–H groups in total. The Morgan fingerprint density at radius 1 is 1.35 bits per heavy atom. The second-order valence-corrected chi connectivity index (χ2v) is 7.13. The smallest absolute Gasteiger partial charge is 0.245 e. The molecule has 0 atom stereocenters. The molecule has 4 nitrogen and oxygen atoms in total. The third-order valence-electron chi connectivity index (χ3n) is 2.86. The third-order valence-corrected chi connectivity index (χ3v) is 5.70. The number of sulfonamides is 1. The number of rotatable bonds is 5. The highest BCUT2D eigenvalue weighted by Crippen LogP contribution is 2.25. The third kappa shape index (κ3) is 3.00. The summed E-state index contributed by atoms with van der Waals surface area (Å²) in [7, 11) is -3.81. The van der Waals surface area contributed by atoms with Crippen LogP contribution in [0.1, 0.15) is 11.8 Å². The molecule has 0 aliphatic rings. The Bertz CT molecular complexity index is 684. The van der Waals surface area contributed by atoms with Crippen LogP contribution >= 0.6 is 11.3 Å². The van der Waals surface area contributed by atoms with Gasteiger partial charge in [-0.15, -0.1) is 11.3 Å². The van der Waals surface area contributed by atoms with Gasteiger partial charge in [-0.05, 0) is 29.6 Å². The fourth-order valence-electron chi connectivity index (χ4n) is 1.81. The number of benzene rings is 1. The van der Waals surface area contributed by atoms with E-state index in [2.05, 4.69) is 0 Å². The summed E-state index contributed by atoms with van der Waals surface area (Å²) in [4.78, 5) is 0.737. The van der Waals surface area contributed by atoms with Gasteiger partial charge in [0.25, 0.3) is 0 Å². The van der Waals surface area contributed by atoms with E-state index < -0.39 is 15.8 Å². The Labute approximate surface area is 121 Å². The lowest BCUT2D eigenvalue weighted by atomic mass is 10.3. The van der Waals surface area contributed by atoms with Gasteiger partial charge in [0, 0.05) is 18.0 Å². The first-order chi connectivity index (χ1) is 9.45. The van der Waals surface area contributed by atoms with Gasteiger partial charge in [-0.3, -0.25) is 0 Å². The lowest BCUT2D eigenvalue weighted by molar-refractivity contribution is 0.426. The Morgan fingerprint density at radius 3 is 2.70 bits per heavy atom. The first kappa shape index (κ1) is 15.0. The SMILES string of the molecule is CCN(Cc1cccs1)S(=O)(=O)c1cc(F)ccc1N. The lowest BCUT2D eigenvalue weighted by Crippen LogP contribution is -2.30. The molecule has 1 aromatic heterocycles. The van der Waals surface area contributed by atoms with Crippen molar-refractivity contribution in [1.82, 2.24) is 4.31 Å². The van der Waals surface area contributed by atoms with Crippen molar-refractivity contribution < 1.29 is 12.8 Å². The highest BCUT2D eigenvalue weighted by Gasteiger charge is 2.26.